The Morgan fingerprint density at radius 2 is 1.54 bits per heavy atom. The van der Waals surface area contributed by atoms with E-state index in [1.807, 2.05) is 0 Å². The van der Waals surface area contributed by atoms with Crippen LogP contribution in [0.1, 0.15) is 26.7 Å². The summed E-state index contributed by atoms with van der Waals surface area (Å²) in [5, 5.41) is 0. The fourth-order valence-electron chi connectivity index (χ4n) is 1.10. The van der Waals surface area contributed by atoms with Crippen LogP contribution in [-0.4, -0.2) is 17.7 Å². The SMILES string of the molecule is C=C1C(=O)OC(CC)(CC)OC1=O. The number of ether oxygens (including phenoxy) is 2. The van der Waals surface area contributed by atoms with E-state index in [9.17, 15) is 9.59 Å². The number of esters is 2. The highest BCUT2D eigenvalue weighted by Crippen LogP contribution is 2.28. The van der Waals surface area contributed by atoms with Crippen LogP contribution in [0.3, 0.4) is 0 Å². The number of carbonyl (C=O) groups is 2. The van der Waals surface area contributed by atoms with E-state index < -0.39 is 17.7 Å². The van der Waals surface area contributed by atoms with E-state index in [2.05, 4.69) is 6.58 Å². The molecule has 1 saturated heterocycles. The molecule has 0 spiro atoms. The summed E-state index contributed by atoms with van der Waals surface area (Å²) in [5.41, 5.74) is -0.238. The highest BCUT2D eigenvalue weighted by molar-refractivity contribution is 6.14. The fourth-order valence-corrected chi connectivity index (χ4v) is 1.10. The molecule has 1 fully saturated rings. The molecule has 1 aliphatic heterocycles. The van der Waals surface area contributed by atoms with Crippen LogP contribution in [0, 0.1) is 0 Å². The van der Waals surface area contributed by atoms with Crippen LogP contribution < -0.4 is 0 Å². The van der Waals surface area contributed by atoms with Gasteiger partial charge >= 0.3 is 11.9 Å². The first-order valence-electron chi connectivity index (χ1n) is 4.20. The van der Waals surface area contributed by atoms with Crippen LogP contribution >= 0.6 is 0 Å². The summed E-state index contributed by atoms with van der Waals surface area (Å²) in [4.78, 5) is 22.2. The van der Waals surface area contributed by atoms with Gasteiger partial charge in [-0.15, -0.1) is 0 Å². The zero-order valence-electron chi connectivity index (χ0n) is 7.75. The number of hydrogen-bond acceptors (Lipinski definition) is 4. The van der Waals surface area contributed by atoms with Crippen molar-refractivity contribution in [2.75, 3.05) is 0 Å². The maximum absolute atomic E-state index is 11.1. The van der Waals surface area contributed by atoms with Gasteiger partial charge in [-0.1, -0.05) is 20.4 Å². The second-order valence-corrected chi connectivity index (χ2v) is 2.88. The normalized spacial score (nSPS) is 20.9. The van der Waals surface area contributed by atoms with Crippen molar-refractivity contribution in [1.82, 2.24) is 0 Å². The third-order valence-corrected chi connectivity index (χ3v) is 2.13. The predicted molar refractivity (Wildman–Crippen MR) is 44.6 cm³/mol. The van der Waals surface area contributed by atoms with Crippen LogP contribution in [0.25, 0.3) is 0 Å². The molecule has 72 valence electrons. The van der Waals surface area contributed by atoms with E-state index in [0.717, 1.165) is 0 Å². The molecule has 4 nitrogen and oxygen atoms in total. The standard InChI is InChI=1S/C9H12O4/c1-4-9(5-2)12-7(10)6(3)8(11)13-9/h3-5H2,1-2H3. The van der Waals surface area contributed by atoms with E-state index in [1.165, 1.54) is 0 Å². The molecule has 13 heavy (non-hydrogen) atoms. The molecule has 0 saturated carbocycles. The largest absolute Gasteiger partial charge is 0.419 e. The summed E-state index contributed by atoms with van der Waals surface area (Å²) < 4.78 is 9.95. The van der Waals surface area contributed by atoms with Gasteiger partial charge in [-0.05, 0) is 0 Å². The van der Waals surface area contributed by atoms with Gasteiger partial charge in [0.25, 0.3) is 5.79 Å². The molecule has 0 aromatic carbocycles. The molecule has 0 bridgehead atoms. The molecule has 0 atom stereocenters. The van der Waals surface area contributed by atoms with E-state index in [0.29, 0.717) is 12.8 Å². The van der Waals surface area contributed by atoms with Crippen LogP contribution in [0.4, 0.5) is 0 Å². The molecule has 0 aromatic rings. The maximum atomic E-state index is 11.1. The molecule has 0 aliphatic carbocycles. The molecule has 0 radical (unpaired) electrons. The van der Waals surface area contributed by atoms with E-state index in [1.54, 1.807) is 13.8 Å². The van der Waals surface area contributed by atoms with Gasteiger partial charge < -0.3 is 9.47 Å². The molecule has 0 unspecified atom stereocenters. The van der Waals surface area contributed by atoms with Gasteiger partial charge in [0.1, 0.15) is 5.57 Å². The van der Waals surface area contributed by atoms with Crippen molar-refractivity contribution in [1.29, 1.82) is 0 Å². The molecule has 1 rings (SSSR count). The number of rotatable bonds is 2. The Labute approximate surface area is 76.5 Å². The summed E-state index contributed by atoms with van der Waals surface area (Å²) >= 11 is 0. The second-order valence-electron chi connectivity index (χ2n) is 2.88. The summed E-state index contributed by atoms with van der Waals surface area (Å²) in [6.07, 6.45) is 0.905. The van der Waals surface area contributed by atoms with Gasteiger partial charge in [0, 0.05) is 12.8 Å². The highest BCUT2D eigenvalue weighted by atomic mass is 16.7. The van der Waals surface area contributed by atoms with Crippen molar-refractivity contribution in [2.24, 2.45) is 0 Å². The van der Waals surface area contributed by atoms with Gasteiger partial charge in [-0.3, -0.25) is 0 Å². The van der Waals surface area contributed by atoms with Crippen molar-refractivity contribution in [3.63, 3.8) is 0 Å². The Morgan fingerprint density at radius 3 is 1.85 bits per heavy atom. The number of cyclic esters (lactones) is 2. The summed E-state index contributed by atoms with van der Waals surface area (Å²) in [5.74, 6) is -2.44. The van der Waals surface area contributed by atoms with Crippen LogP contribution in [0.15, 0.2) is 12.2 Å². The Morgan fingerprint density at radius 1 is 1.15 bits per heavy atom. The van der Waals surface area contributed by atoms with Gasteiger partial charge in [-0.2, -0.15) is 0 Å². The van der Waals surface area contributed by atoms with E-state index in [4.69, 9.17) is 9.47 Å². The zero-order valence-corrected chi connectivity index (χ0v) is 7.75. The minimum Gasteiger partial charge on any atom is -0.419 e. The van der Waals surface area contributed by atoms with Crippen LogP contribution in [-0.2, 0) is 19.1 Å². The predicted octanol–water partition coefficient (Wildman–Crippen LogP) is 1.16. The third-order valence-electron chi connectivity index (χ3n) is 2.13. The van der Waals surface area contributed by atoms with Crippen molar-refractivity contribution in [3.8, 4) is 0 Å². The smallest absolute Gasteiger partial charge is 0.348 e. The Hall–Kier alpha value is -1.32. The van der Waals surface area contributed by atoms with Crippen molar-refractivity contribution in [3.05, 3.63) is 12.2 Å². The molecule has 1 heterocycles. The van der Waals surface area contributed by atoms with E-state index >= 15 is 0 Å². The van der Waals surface area contributed by atoms with Gasteiger partial charge in [0.05, 0.1) is 0 Å². The molecule has 4 heteroatoms. The Kier molecular flexibility index (Phi) is 2.40. The topological polar surface area (TPSA) is 52.6 Å². The monoisotopic (exact) mass is 184 g/mol. The first-order valence-corrected chi connectivity index (χ1v) is 4.20. The molecule has 0 N–H and O–H groups in total. The van der Waals surface area contributed by atoms with Crippen LogP contribution in [0.5, 0.6) is 0 Å². The average molecular weight is 184 g/mol. The number of hydrogen-bond donors (Lipinski definition) is 0. The molecular weight excluding hydrogens is 172 g/mol. The molecule has 0 amide bonds. The summed E-state index contributed by atoms with van der Waals surface area (Å²) in [7, 11) is 0. The first kappa shape index (κ1) is 9.77. The lowest BCUT2D eigenvalue weighted by Gasteiger charge is -2.34. The van der Waals surface area contributed by atoms with Crippen molar-refractivity contribution >= 4 is 11.9 Å². The highest BCUT2D eigenvalue weighted by Gasteiger charge is 2.42. The molecule has 1 aliphatic rings. The van der Waals surface area contributed by atoms with Crippen molar-refractivity contribution < 1.29 is 19.1 Å². The lowest BCUT2D eigenvalue weighted by Crippen LogP contribution is -2.45. The van der Waals surface area contributed by atoms with Gasteiger partial charge in [0.15, 0.2) is 0 Å². The average Bonchev–Trinajstić information content (AvgIpc) is 2.13. The lowest BCUT2D eigenvalue weighted by atomic mass is 10.1. The minimum absolute atomic E-state index is 0.238. The summed E-state index contributed by atoms with van der Waals surface area (Å²) in [6.45, 7) is 6.84. The minimum atomic E-state index is -1.07. The Bertz CT molecular complexity index is 241. The molecule has 0 aromatic heterocycles. The number of carbonyl (C=O) groups excluding carboxylic acids is 2. The van der Waals surface area contributed by atoms with Crippen LogP contribution in [0.2, 0.25) is 0 Å². The lowest BCUT2D eigenvalue weighted by molar-refractivity contribution is -0.237. The zero-order chi connectivity index (χ0) is 10.1. The van der Waals surface area contributed by atoms with Gasteiger partial charge in [-0.25, -0.2) is 9.59 Å². The van der Waals surface area contributed by atoms with E-state index in [-0.39, 0.29) is 5.57 Å². The molecular formula is C9H12O4. The summed E-state index contributed by atoms with van der Waals surface area (Å²) in [6, 6.07) is 0. The van der Waals surface area contributed by atoms with Gasteiger partial charge in [0.2, 0.25) is 0 Å². The first-order chi connectivity index (χ1) is 6.04. The second kappa shape index (κ2) is 3.20. The Balaban J connectivity index is 2.90. The fraction of sp³-hybridized carbons (Fsp3) is 0.556. The maximum Gasteiger partial charge on any atom is 0.348 e. The third kappa shape index (κ3) is 1.56. The van der Waals surface area contributed by atoms with Crippen molar-refractivity contribution in [2.45, 2.75) is 32.5 Å². The quantitative estimate of drug-likeness (QED) is 0.367.